The second-order valence-corrected chi connectivity index (χ2v) is 11.4. The van der Waals surface area contributed by atoms with E-state index < -0.39 is 0 Å². The van der Waals surface area contributed by atoms with Crippen LogP contribution in [0.2, 0.25) is 0 Å². The highest BCUT2D eigenvalue weighted by Crippen LogP contribution is 2.32. The van der Waals surface area contributed by atoms with Crippen molar-refractivity contribution in [3.05, 3.63) is 59.4 Å². The van der Waals surface area contributed by atoms with Crippen LogP contribution in [0.15, 0.2) is 42.5 Å². The lowest BCUT2D eigenvalue weighted by molar-refractivity contribution is -0.131. The molecule has 1 saturated carbocycles. The summed E-state index contributed by atoms with van der Waals surface area (Å²) in [4.78, 5) is 31.0. The van der Waals surface area contributed by atoms with E-state index in [9.17, 15) is 14.0 Å². The van der Waals surface area contributed by atoms with Crippen LogP contribution in [0.5, 0.6) is 11.5 Å². The molecular weight excluding hydrogens is 525 g/mol. The number of amides is 2. The smallest absolute Gasteiger partial charge is 0.254 e. The third kappa shape index (κ3) is 8.42. The SMILES string of the molecule is COCCCOc1cc(C(=O)N(C[C@@H]2CNC[C@@H]2CN(C(=O)Cc2ccc(F)cc2)C2CC2)C(C)C)ccc1OC. The zero-order valence-corrected chi connectivity index (χ0v) is 24.7. The normalized spacial score (nSPS) is 18.4. The van der Waals surface area contributed by atoms with Gasteiger partial charge in [-0.05, 0) is 74.4 Å². The highest BCUT2D eigenvalue weighted by Gasteiger charge is 2.38. The van der Waals surface area contributed by atoms with Gasteiger partial charge in [0, 0.05) is 64.0 Å². The number of methoxy groups -OCH3 is 2. The van der Waals surface area contributed by atoms with Crippen LogP contribution in [0.4, 0.5) is 4.39 Å². The lowest BCUT2D eigenvalue weighted by Crippen LogP contribution is -2.45. The first-order valence-electron chi connectivity index (χ1n) is 14.7. The fourth-order valence-electron chi connectivity index (χ4n) is 5.44. The van der Waals surface area contributed by atoms with Crippen LogP contribution in [0, 0.1) is 17.7 Å². The average molecular weight is 570 g/mol. The third-order valence-corrected chi connectivity index (χ3v) is 7.96. The molecule has 1 saturated heterocycles. The van der Waals surface area contributed by atoms with Gasteiger partial charge in [0.2, 0.25) is 5.91 Å². The maximum atomic E-state index is 13.8. The molecule has 9 heteroatoms. The maximum absolute atomic E-state index is 13.8. The van der Waals surface area contributed by atoms with Crippen molar-refractivity contribution in [2.45, 2.75) is 51.6 Å². The van der Waals surface area contributed by atoms with Crippen LogP contribution < -0.4 is 14.8 Å². The Balaban J connectivity index is 1.43. The molecule has 0 radical (unpaired) electrons. The molecule has 2 aliphatic rings. The molecule has 8 nitrogen and oxygen atoms in total. The number of nitrogens with zero attached hydrogens (tertiary/aromatic N) is 2. The number of carbonyl (C=O) groups excluding carboxylic acids is 2. The van der Waals surface area contributed by atoms with Gasteiger partial charge in [0.15, 0.2) is 11.5 Å². The molecule has 4 rings (SSSR count). The maximum Gasteiger partial charge on any atom is 0.254 e. The number of halogens is 1. The summed E-state index contributed by atoms with van der Waals surface area (Å²) in [6.07, 6.45) is 3.04. The molecule has 2 fully saturated rings. The minimum absolute atomic E-state index is 0.00318. The number of ether oxygens (including phenoxy) is 3. The van der Waals surface area contributed by atoms with E-state index in [-0.39, 0.29) is 48.0 Å². The molecule has 0 spiro atoms. The largest absolute Gasteiger partial charge is 0.493 e. The Hall–Kier alpha value is -3.17. The Morgan fingerprint density at radius 2 is 1.68 bits per heavy atom. The van der Waals surface area contributed by atoms with Crippen molar-refractivity contribution in [3.8, 4) is 11.5 Å². The Morgan fingerprint density at radius 1 is 0.976 bits per heavy atom. The van der Waals surface area contributed by atoms with Crippen molar-refractivity contribution >= 4 is 11.8 Å². The molecule has 2 amide bonds. The van der Waals surface area contributed by atoms with E-state index in [0.29, 0.717) is 43.4 Å². The topological polar surface area (TPSA) is 80.3 Å². The van der Waals surface area contributed by atoms with E-state index in [1.54, 1.807) is 44.6 Å². The molecule has 2 aromatic rings. The summed E-state index contributed by atoms with van der Waals surface area (Å²) in [5.74, 6) is 1.30. The van der Waals surface area contributed by atoms with E-state index in [1.807, 2.05) is 23.6 Å². The molecule has 2 aromatic carbocycles. The Bertz CT molecular complexity index is 1150. The van der Waals surface area contributed by atoms with Crippen molar-refractivity contribution in [3.63, 3.8) is 0 Å². The first-order valence-corrected chi connectivity index (χ1v) is 14.7. The molecule has 41 heavy (non-hydrogen) atoms. The summed E-state index contributed by atoms with van der Waals surface area (Å²) >= 11 is 0. The molecule has 1 aliphatic heterocycles. The van der Waals surface area contributed by atoms with Gasteiger partial charge < -0.3 is 29.3 Å². The van der Waals surface area contributed by atoms with Crippen molar-refractivity contribution in [2.24, 2.45) is 11.8 Å². The highest BCUT2D eigenvalue weighted by atomic mass is 19.1. The minimum Gasteiger partial charge on any atom is -0.493 e. The number of nitrogens with one attached hydrogen (secondary N) is 1. The van der Waals surface area contributed by atoms with Crippen LogP contribution in [-0.2, 0) is 16.0 Å². The number of benzene rings is 2. The third-order valence-electron chi connectivity index (χ3n) is 7.96. The quantitative estimate of drug-likeness (QED) is 0.325. The molecule has 1 N–H and O–H groups in total. The van der Waals surface area contributed by atoms with Crippen LogP contribution in [0.25, 0.3) is 0 Å². The van der Waals surface area contributed by atoms with Crippen molar-refractivity contribution in [1.82, 2.24) is 15.1 Å². The minimum atomic E-state index is -0.301. The second-order valence-electron chi connectivity index (χ2n) is 11.4. The van der Waals surface area contributed by atoms with Crippen LogP contribution in [0.3, 0.4) is 0 Å². The lowest BCUT2D eigenvalue weighted by atomic mass is 9.93. The summed E-state index contributed by atoms with van der Waals surface area (Å²) in [6, 6.07) is 11.7. The fraction of sp³-hybridized carbons (Fsp3) is 0.562. The van der Waals surface area contributed by atoms with Crippen LogP contribution in [0.1, 0.15) is 49.0 Å². The zero-order valence-electron chi connectivity index (χ0n) is 24.7. The summed E-state index contributed by atoms with van der Waals surface area (Å²) in [5.41, 5.74) is 1.37. The number of hydrogen-bond donors (Lipinski definition) is 1. The average Bonchev–Trinajstić information content (AvgIpc) is 3.71. The molecule has 0 unspecified atom stereocenters. The number of hydrogen-bond acceptors (Lipinski definition) is 6. The first-order chi connectivity index (χ1) is 19.8. The second kappa shape index (κ2) is 14.6. The van der Waals surface area contributed by atoms with Gasteiger partial charge in [-0.3, -0.25) is 9.59 Å². The van der Waals surface area contributed by atoms with Gasteiger partial charge in [-0.15, -0.1) is 0 Å². The van der Waals surface area contributed by atoms with E-state index in [2.05, 4.69) is 5.32 Å². The number of carbonyl (C=O) groups is 2. The van der Waals surface area contributed by atoms with Crippen molar-refractivity contribution in [1.29, 1.82) is 0 Å². The van der Waals surface area contributed by atoms with E-state index >= 15 is 0 Å². The summed E-state index contributed by atoms with van der Waals surface area (Å²) in [5, 5.41) is 3.50. The van der Waals surface area contributed by atoms with Gasteiger partial charge in [-0.2, -0.15) is 0 Å². The predicted molar refractivity (Wildman–Crippen MR) is 156 cm³/mol. The zero-order chi connectivity index (χ0) is 29.4. The van der Waals surface area contributed by atoms with E-state index in [4.69, 9.17) is 14.2 Å². The number of rotatable bonds is 15. The Kier molecular flexibility index (Phi) is 11.0. The Labute approximate surface area is 243 Å². The van der Waals surface area contributed by atoms with Gasteiger partial charge in [-0.25, -0.2) is 4.39 Å². The monoisotopic (exact) mass is 569 g/mol. The van der Waals surface area contributed by atoms with E-state index in [0.717, 1.165) is 37.9 Å². The molecule has 224 valence electrons. The Morgan fingerprint density at radius 3 is 2.32 bits per heavy atom. The van der Waals surface area contributed by atoms with Crippen LogP contribution in [-0.4, -0.2) is 87.3 Å². The van der Waals surface area contributed by atoms with E-state index in [1.165, 1.54) is 12.1 Å². The summed E-state index contributed by atoms with van der Waals surface area (Å²) in [6.45, 7) is 7.96. The lowest BCUT2D eigenvalue weighted by Gasteiger charge is -2.34. The summed E-state index contributed by atoms with van der Waals surface area (Å²) < 4.78 is 29.8. The molecule has 1 heterocycles. The highest BCUT2D eigenvalue weighted by molar-refractivity contribution is 5.95. The predicted octanol–water partition coefficient (Wildman–Crippen LogP) is 4.17. The molecule has 0 bridgehead atoms. The van der Waals surface area contributed by atoms with Crippen molar-refractivity contribution in [2.75, 3.05) is 53.6 Å². The molecule has 2 atom stereocenters. The van der Waals surface area contributed by atoms with Gasteiger partial charge >= 0.3 is 0 Å². The van der Waals surface area contributed by atoms with Gasteiger partial charge in [0.05, 0.1) is 20.1 Å². The molecule has 0 aromatic heterocycles. The van der Waals surface area contributed by atoms with Crippen molar-refractivity contribution < 1.29 is 28.2 Å². The first kappa shape index (κ1) is 30.8. The molecular formula is C32H44FN3O5. The summed E-state index contributed by atoms with van der Waals surface area (Å²) in [7, 11) is 3.24. The van der Waals surface area contributed by atoms with Gasteiger partial charge in [0.1, 0.15) is 5.82 Å². The van der Waals surface area contributed by atoms with Gasteiger partial charge in [-0.1, -0.05) is 12.1 Å². The standard InChI is InChI=1S/C32H44FN3O5/c1-22(2)35(32(38)24-8-13-29(40-4)30(17-24)41-15-5-14-39-3)20-25-18-34-19-26(25)21-36(28-11-12-28)31(37)16-23-6-9-27(33)10-7-23/h6-10,13,17,22,25-26,28,34H,5,11-12,14-16,18-21H2,1-4H3/t25-,26+/m0/s1. The van der Waals surface area contributed by atoms with Gasteiger partial charge in [0.25, 0.3) is 5.91 Å². The molecule has 1 aliphatic carbocycles. The fourth-order valence-corrected chi connectivity index (χ4v) is 5.44. The van der Waals surface area contributed by atoms with Crippen LogP contribution >= 0.6 is 0 Å².